The number of rotatable bonds is 6. The highest BCUT2D eigenvalue weighted by molar-refractivity contribution is 5.56. The summed E-state index contributed by atoms with van der Waals surface area (Å²) in [5, 5.41) is 3.48. The molecule has 1 aliphatic carbocycles. The number of aryl methyl sites for hydroxylation is 1. The molecule has 29 heavy (non-hydrogen) atoms. The molecule has 0 radical (unpaired) electrons. The van der Waals surface area contributed by atoms with E-state index in [1.165, 1.54) is 24.2 Å². The third-order valence-corrected chi connectivity index (χ3v) is 6.82. The number of ether oxygens (including phenoxy) is 1. The van der Waals surface area contributed by atoms with Crippen LogP contribution in [-0.2, 0) is 11.3 Å². The first-order chi connectivity index (χ1) is 14.2. The van der Waals surface area contributed by atoms with Crippen LogP contribution in [0, 0.1) is 30.5 Å². The second kappa shape index (κ2) is 7.96. The number of likely N-dealkylation sites (tertiary alicyclic amines) is 1. The monoisotopic (exact) mass is 395 g/mol. The minimum atomic E-state index is -0.142. The first kappa shape index (κ1) is 18.9. The SMILES string of the molecule is Cc1ccc(CN2CC3C(CNc4ccc(N5CCOCC5)c(F)c4)C3C2)cc1. The second-order valence-electron chi connectivity index (χ2n) is 8.82. The number of nitrogens with one attached hydrogen (secondary N) is 1. The smallest absolute Gasteiger partial charge is 0.148 e. The van der Waals surface area contributed by atoms with E-state index in [4.69, 9.17) is 4.74 Å². The highest BCUT2D eigenvalue weighted by Crippen LogP contribution is 2.51. The van der Waals surface area contributed by atoms with E-state index in [0.717, 1.165) is 49.6 Å². The average Bonchev–Trinajstić information content (AvgIpc) is 3.19. The van der Waals surface area contributed by atoms with Gasteiger partial charge in [-0.25, -0.2) is 4.39 Å². The molecule has 1 saturated carbocycles. The minimum Gasteiger partial charge on any atom is -0.385 e. The summed E-state index contributed by atoms with van der Waals surface area (Å²) in [7, 11) is 0. The van der Waals surface area contributed by atoms with Gasteiger partial charge in [0.15, 0.2) is 0 Å². The molecule has 2 unspecified atom stereocenters. The summed E-state index contributed by atoms with van der Waals surface area (Å²) in [4.78, 5) is 4.64. The van der Waals surface area contributed by atoms with E-state index in [1.807, 2.05) is 12.1 Å². The molecule has 2 aromatic rings. The van der Waals surface area contributed by atoms with Crippen LogP contribution in [0.4, 0.5) is 15.8 Å². The average molecular weight is 396 g/mol. The van der Waals surface area contributed by atoms with Crippen LogP contribution < -0.4 is 10.2 Å². The maximum absolute atomic E-state index is 14.6. The van der Waals surface area contributed by atoms with Crippen LogP contribution in [0.25, 0.3) is 0 Å². The zero-order valence-corrected chi connectivity index (χ0v) is 17.1. The third-order valence-electron chi connectivity index (χ3n) is 6.82. The molecule has 2 aromatic carbocycles. The molecule has 2 atom stereocenters. The van der Waals surface area contributed by atoms with Crippen molar-refractivity contribution in [2.75, 3.05) is 56.2 Å². The predicted molar refractivity (Wildman–Crippen MR) is 115 cm³/mol. The molecule has 5 heteroatoms. The maximum atomic E-state index is 14.6. The van der Waals surface area contributed by atoms with Crippen LogP contribution in [0.5, 0.6) is 0 Å². The van der Waals surface area contributed by atoms with Crippen LogP contribution in [-0.4, -0.2) is 50.8 Å². The number of anilines is 2. The molecule has 2 aliphatic heterocycles. The quantitative estimate of drug-likeness (QED) is 0.806. The Kier molecular flexibility index (Phi) is 5.18. The first-order valence-corrected chi connectivity index (χ1v) is 10.8. The van der Waals surface area contributed by atoms with Gasteiger partial charge >= 0.3 is 0 Å². The van der Waals surface area contributed by atoms with Crippen molar-refractivity contribution in [2.24, 2.45) is 17.8 Å². The van der Waals surface area contributed by atoms with Gasteiger partial charge in [-0.3, -0.25) is 4.90 Å². The number of halogens is 1. The standard InChI is InChI=1S/C24H30FN3O/c1-17-2-4-18(5-3-17)14-27-15-21-20(22(21)16-27)13-26-19-6-7-24(23(25)12-19)28-8-10-29-11-9-28/h2-7,12,20-22,26H,8-11,13-16H2,1H3. The summed E-state index contributed by atoms with van der Waals surface area (Å²) in [6.45, 7) is 9.38. The van der Waals surface area contributed by atoms with Crippen molar-refractivity contribution < 1.29 is 9.13 Å². The lowest BCUT2D eigenvalue weighted by molar-refractivity contribution is 0.122. The summed E-state index contributed by atoms with van der Waals surface area (Å²) >= 11 is 0. The molecule has 0 spiro atoms. The zero-order valence-electron chi connectivity index (χ0n) is 17.1. The summed E-state index contributed by atoms with van der Waals surface area (Å²) in [5.41, 5.74) is 4.30. The van der Waals surface area contributed by atoms with E-state index < -0.39 is 0 Å². The number of hydrogen-bond acceptors (Lipinski definition) is 4. The molecule has 5 rings (SSSR count). The van der Waals surface area contributed by atoms with Crippen LogP contribution in [0.3, 0.4) is 0 Å². The lowest BCUT2D eigenvalue weighted by Gasteiger charge is -2.29. The lowest BCUT2D eigenvalue weighted by Crippen LogP contribution is -2.36. The van der Waals surface area contributed by atoms with Gasteiger partial charge in [0, 0.05) is 45.0 Å². The molecule has 2 saturated heterocycles. The highest BCUT2D eigenvalue weighted by Gasteiger charge is 2.54. The molecular formula is C24H30FN3O. The molecule has 3 aliphatic rings. The fourth-order valence-electron chi connectivity index (χ4n) is 5.03. The van der Waals surface area contributed by atoms with Crippen LogP contribution in [0.1, 0.15) is 11.1 Å². The lowest BCUT2D eigenvalue weighted by atomic mass is 10.1. The molecule has 0 aromatic heterocycles. The number of piperidine rings is 1. The molecular weight excluding hydrogens is 365 g/mol. The van der Waals surface area contributed by atoms with E-state index in [-0.39, 0.29) is 5.82 Å². The van der Waals surface area contributed by atoms with E-state index >= 15 is 0 Å². The van der Waals surface area contributed by atoms with Crippen molar-refractivity contribution in [3.8, 4) is 0 Å². The summed E-state index contributed by atoms with van der Waals surface area (Å²) < 4.78 is 19.9. The minimum absolute atomic E-state index is 0.142. The van der Waals surface area contributed by atoms with Gasteiger partial charge in [0.2, 0.25) is 0 Å². The molecule has 1 N–H and O–H groups in total. The molecule has 4 nitrogen and oxygen atoms in total. The Morgan fingerprint density at radius 2 is 1.76 bits per heavy atom. The van der Waals surface area contributed by atoms with Crippen LogP contribution >= 0.6 is 0 Å². The summed E-state index contributed by atoms with van der Waals surface area (Å²) in [6, 6.07) is 14.4. The molecule has 0 amide bonds. The third kappa shape index (κ3) is 4.12. The van der Waals surface area contributed by atoms with Gasteiger partial charge in [0.05, 0.1) is 18.9 Å². The molecule has 0 bridgehead atoms. The summed E-state index contributed by atoms with van der Waals surface area (Å²) in [5.74, 6) is 2.18. The van der Waals surface area contributed by atoms with Crippen molar-refractivity contribution in [3.63, 3.8) is 0 Å². The van der Waals surface area contributed by atoms with Gasteiger partial charge in [-0.2, -0.15) is 0 Å². The second-order valence-corrected chi connectivity index (χ2v) is 8.82. The Balaban J connectivity index is 1.09. The van der Waals surface area contributed by atoms with Crippen molar-refractivity contribution >= 4 is 11.4 Å². The number of fused-ring (bicyclic) bond motifs is 1. The van der Waals surface area contributed by atoms with Gasteiger partial charge in [0.1, 0.15) is 5.82 Å². The number of benzene rings is 2. The fourth-order valence-corrected chi connectivity index (χ4v) is 5.03. The van der Waals surface area contributed by atoms with Crippen LogP contribution in [0.15, 0.2) is 42.5 Å². The number of nitrogens with zero attached hydrogens (tertiary/aromatic N) is 2. The van der Waals surface area contributed by atoms with E-state index in [1.54, 1.807) is 6.07 Å². The largest absolute Gasteiger partial charge is 0.385 e. The Hall–Kier alpha value is -2.11. The zero-order chi connectivity index (χ0) is 19.8. The van der Waals surface area contributed by atoms with Crippen molar-refractivity contribution in [1.29, 1.82) is 0 Å². The highest BCUT2D eigenvalue weighted by atomic mass is 19.1. The molecule has 3 fully saturated rings. The Morgan fingerprint density at radius 1 is 1.03 bits per heavy atom. The maximum Gasteiger partial charge on any atom is 0.148 e. The Bertz CT molecular complexity index is 838. The summed E-state index contributed by atoms with van der Waals surface area (Å²) in [6.07, 6.45) is 0. The van der Waals surface area contributed by atoms with Gasteiger partial charge in [0.25, 0.3) is 0 Å². The normalized spacial score (nSPS) is 26.4. The van der Waals surface area contributed by atoms with Gasteiger partial charge in [-0.1, -0.05) is 29.8 Å². The topological polar surface area (TPSA) is 27.7 Å². The predicted octanol–water partition coefficient (Wildman–Crippen LogP) is 3.76. The van der Waals surface area contributed by atoms with E-state index in [2.05, 4.69) is 46.3 Å². The molecule has 154 valence electrons. The Morgan fingerprint density at radius 3 is 2.45 bits per heavy atom. The van der Waals surface area contributed by atoms with Crippen LogP contribution in [0.2, 0.25) is 0 Å². The van der Waals surface area contributed by atoms with Gasteiger partial charge in [-0.05, 0) is 48.4 Å². The first-order valence-electron chi connectivity index (χ1n) is 10.8. The number of hydrogen-bond donors (Lipinski definition) is 1. The molecule has 2 heterocycles. The van der Waals surface area contributed by atoms with Gasteiger partial charge in [-0.15, -0.1) is 0 Å². The Labute approximate surface area is 172 Å². The van der Waals surface area contributed by atoms with E-state index in [9.17, 15) is 4.39 Å². The van der Waals surface area contributed by atoms with Crippen molar-refractivity contribution in [3.05, 3.63) is 59.4 Å². The van der Waals surface area contributed by atoms with Gasteiger partial charge < -0.3 is 15.0 Å². The number of morpholine rings is 1. The van der Waals surface area contributed by atoms with Crippen molar-refractivity contribution in [2.45, 2.75) is 13.5 Å². The fraction of sp³-hybridized carbons (Fsp3) is 0.500. The van der Waals surface area contributed by atoms with Crippen molar-refractivity contribution in [1.82, 2.24) is 4.90 Å². The van der Waals surface area contributed by atoms with E-state index in [0.29, 0.717) is 18.9 Å².